The monoisotopic (exact) mass is 495 g/mol. The smallest absolute Gasteiger partial charge is 0.265 e. The Balaban J connectivity index is 1.26. The van der Waals surface area contributed by atoms with Crippen LogP contribution in [-0.2, 0) is 16.1 Å². The molecule has 34 heavy (non-hydrogen) atoms. The van der Waals surface area contributed by atoms with Gasteiger partial charge in [0.2, 0.25) is 5.91 Å². The SMILES string of the molecule is O=C(COc1ccc(Cl)c(F)c1)NC12CCC(C(=O)NCc3ccc(C(F)F)cn3)(CC1)CC2. The maximum Gasteiger partial charge on any atom is 0.265 e. The molecule has 3 aliphatic carbocycles. The van der Waals surface area contributed by atoms with Crippen molar-refractivity contribution in [1.82, 2.24) is 15.6 Å². The molecule has 2 aromatic rings. The van der Waals surface area contributed by atoms with Crippen LogP contribution >= 0.6 is 11.6 Å². The number of hydrogen-bond donors (Lipinski definition) is 2. The molecule has 5 rings (SSSR count). The van der Waals surface area contributed by atoms with Crippen molar-refractivity contribution < 1.29 is 27.5 Å². The Labute approximate surface area is 200 Å². The average molecular weight is 496 g/mol. The van der Waals surface area contributed by atoms with Gasteiger partial charge >= 0.3 is 0 Å². The van der Waals surface area contributed by atoms with Crippen LogP contribution in [-0.4, -0.2) is 28.9 Å². The van der Waals surface area contributed by atoms with Gasteiger partial charge in [0.1, 0.15) is 11.6 Å². The van der Waals surface area contributed by atoms with Gasteiger partial charge in [-0.25, -0.2) is 13.2 Å². The molecule has 0 aliphatic heterocycles. The molecule has 182 valence electrons. The molecule has 3 aliphatic rings. The zero-order valence-corrected chi connectivity index (χ0v) is 19.1. The molecule has 3 fully saturated rings. The zero-order chi connectivity index (χ0) is 24.3. The van der Waals surface area contributed by atoms with E-state index in [4.69, 9.17) is 16.3 Å². The van der Waals surface area contributed by atoms with Crippen LogP contribution < -0.4 is 15.4 Å². The first-order chi connectivity index (χ1) is 16.2. The quantitative estimate of drug-likeness (QED) is 0.555. The number of pyridine rings is 1. The highest BCUT2D eigenvalue weighted by Gasteiger charge is 2.52. The number of aromatic nitrogens is 1. The Hall–Kier alpha value is -2.81. The lowest BCUT2D eigenvalue weighted by Crippen LogP contribution is -2.60. The second-order valence-corrected chi connectivity index (χ2v) is 9.45. The standard InChI is InChI=1S/C24H25ClF3N3O3/c25-18-4-3-17(11-19(18)26)34-14-20(32)31-24-8-5-23(6-9-24,7-10-24)22(33)30-13-16-2-1-15(12-29-16)21(27)28/h1-4,11-12,21H,5-10,13-14H2,(H,30,33)(H,31,32). The number of fused-ring (bicyclic) bond motifs is 3. The van der Waals surface area contributed by atoms with E-state index < -0.39 is 17.7 Å². The highest BCUT2D eigenvalue weighted by Crippen LogP contribution is 2.52. The van der Waals surface area contributed by atoms with Crippen LogP contribution in [0.5, 0.6) is 5.75 Å². The van der Waals surface area contributed by atoms with Crippen molar-refractivity contribution in [3.8, 4) is 5.75 Å². The fourth-order valence-electron chi connectivity index (χ4n) is 4.79. The first-order valence-corrected chi connectivity index (χ1v) is 11.5. The predicted molar refractivity (Wildman–Crippen MR) is 119 cm³/mol. The van der Waals surface area contributed by atoms with Crippen molar-refractivity contribution in [2.75, 3.05) is 6.61 Å². The molecule has 0 spiro atoms. The van der Waals surface area contributed by atoms with E-state index in [2.05, 4.69) is 15.6 Å². The van der Waals surface area contributed by atoms with Gasteiger partial charge in [0.05, 0.1) is 17.3 Å². The van der Waals surface area contributed by atoms with Crippen molar-refractivity contribution in [3.05, 3.63) is 58.6 Å². The number of benzene rings is 1. The average Bonchev–Trinajstić information content (AvgIpc) is 2.84. The van der Waals surface area contributed by atoms with E-state index >= 15 is 0 Å². The Kier molecular flexibility index (Phi) is 7.02. The van der Waals surface area contributed by atoms with Crippen LogP contribution in [0.3, 0.4) is 0 Å². The summed E-state index contributed by atoms with van der Waals surface area (Å²) in [6.07, 6.45) is 2.47. The summed E-state index contributed by atoms with van der Waals surface area (Å²) in [6, 6.07) is 6.79. The van der Waals surface area contributed by atoms with E-state index in [1.165, 1.54) is 24.3 Å². The van der Waals surface area contributed by atoms with Crippen LogP contribution in [0.1, 0.15) is 56.2 Å². The number of nitrogens with one attached hydrogen (secondary N) is 2. The summed E-state index contributed by atoms with van der Waals surface area (Å²) in [7, 11) is 0. The molecule has 0 atom stereocenters. The van der Waals surface area contributed by atoms with E-state index in [9.17, 15) is 22.8 Å². The number of carbonyl (C=O) groups excluding carboxylic acids is 2. The Morgan fingerprint density at radius 1 is 1.09 bits per heavy atom. The van der Waals surface area contributed by atoms with Crippen LogP contribution in [0.15, 0.2) is 36.5 Å². The maximum atomic E-state index is 13.5. The van der Waals surface area contributed by atoms with Gasteiger partial charge in [0.15, 0.2) is 6.61 Å². The van der Waals surface area contributed by atoms with Gasteiger partial charge in [-0.15, -0.1) is 0 Å². The molecule has 10 heteroatoms. The summed E-state index contributed by atoms with van der Waals surface area (Å²) in [4.78, 5) is 29.4. The minimum Gasteiger partial charge on any atom is -0.484 e. The van der Waals surface area contributed by atoms with E-state index in [1.807, 2.05) is 0 Å². The topological polar surface area (TPSA) is 80.3 Å². The number of halogens is 4. The third-order valence-electron chi connectivity index (χ3n) is 6.92. The highest BCUT2D eigenvalue weighted by atomic mass is 35.5. The van der Waals surface area contributed by atoms with Crippen LogP contribution in [0.2, 0.25) is 5.02 Å². The molecule has 6 nitrogen and oxygen atoms in total. The summed E-state index contributed by atoms with van der Waals surface area (Å²) in [5.41, 5.74) is -0.507. The van der Waals surface area contributed by atoms with Gasteiger partial charge < -0.3 is 15.4 Å². The van der Waals surface area contributed by atoms with Gasteiger partial charge in [-0.1, -0.05) is 11.6 Å². The predicted octanol–water partition coefficient (Wildman–Crippen LogP) is 4.72. The highest BCUT2D eigenvalue weighted by molar-refractivity contribution is 6.30. The maximum absolute atomic E-state index is 13.5. The molecule has 3 saturated carbocycles. The van der Waals surface area contributed by atoms with Crippen molar-refractivity contribution in [3.63, 3.8) is 0 Å². The van der Waals surface area contributed by atoms with E-state index in [-0.39, 0.29) is 46.8 Å². The fourth-order valence-corrected chi connectivity index (χ4v) is 4.91. The molecule has 2 amide bonds. The number of amides is 2. The molecule has 2 N–H and O–H groups in total. The third kappa shape index (κ3) is 5.29. The minimum atomic E-state index is -2.58. The van der Waals surface area contributed by atoms with E-state index in [0.717, 1.165) is 12.3 Å². The third-order valence-corrected chi connectivity index (χ3v) is 7.23. The first-order valence-electron chi connectivity index (χ1n) is 11.1. The largest absolute Gasteiger partial charge is 0.484 e. The first kappa shape index (κ1) is 24.3. The molecular weight excluding hydrogens is 471 g/mol. The molecule has 0 unspecified atom stereocenters. The van der Waals surface area contributed by atoms with Crippen molar-refractivity contribution >= 4 is 23.4 Å². The molecule has 0 radical (unpaired) electrons. The van der Waals surface area contributed by atoms with Crippen LogP contribution in [0, 0.1) is 11.2 Å². The summed E-state index contributed by atoms with van der Waals surface area (Å²) in [5.74, 6) is -0.767. The summed E-state index contributed by atoms with van der Waals surface area (Å²) < 4.78 is 44.2. The fraction of sp³-hybridized carbons (Fsp3) is 0.458. The molecular formula is C24H25ClF3N3O3. The molecule has 1 aromatic carbocycles. The summed E-state index contributed by atoms with van der Waals surface area (Å²) >= 11 is 5.65. The number of rotatable bonds is 8. The van der Waals surface area contributed by atoms with Gasteiger partial charge in [-0.05, 0) is 62.8 Å². The number of ether oxygens (including phenoxy) is 1. The molecule has 0 saturated heterocycles. The normalized spacial score (nSPS) is 23.6. The van der Waals surface area contributed by atoms with Crippen LogP contribution in [0.4, 0.5) is 13.2 Å². The Morgan fingerprint density at radius 3 is 2.38 bits per heavy atom. The second kappa shape index (κ2) is 9.82. The molecule has 1 aromatic heterocycles. The van der Waals surface area contributed by atoms with E-state index in [1.54, 1.807) is 0 Å². The van der Waals surface area contributed by atoms with Crippen molar-refractivity contribution in [2.45, 2.75) is 57.0 Å². The molecule has 2 bridgehead atoms. The Bertz CT molecular complexity index is 1040. The van der Waals surface area contributed by atoms with Gasteiger partial charge in [0, 0.05) is 28.8 Å². The Morgan fingerprint density at radius 2 is 1.79 bits per heavy atom. The van der Waals surface area contributed by atoms with E-state index in [0.29, 0.717) is 44.2 Å². The molecule has 1 heterocycles. The number of hydrogen-bond acceptors (Lipinski definition) is 4. The lowest BCUT2D eigenvalue weighted by atomic mass is 9.57. The van der Waals surface area contributed by atoms with Crippen LogP contribution in [0.25, 0.3) is 0 Å². The van der Waals surface area contributed by atoms with Gasteiger partial charge in [-0.2, -0.15) is 0 Å². The van der Waals surface area contributed by atoms with Gasteiger partial charge in [-0.3, -0.25) is 14.6 Å². The zero-order valence-electron chi connectivity index (χ0n) is 18.4. The van der Waals surface area contributed by atoms with Crippen molar-refractivity contribution in [1.29, 1.82) is 0 Å². The summed E-state index contributed by atoms with van der Waals surface area (Å²) in [6.45, 7) is -0.0690. The number of alkyl halides is 2. The minimum absolute atomic E-state index is 0.0199. The number of nitrogens with zero attached hydrogens (tertiary/aromatic N) is 1. The summed E-state index contributed by atoms with van der Waals surface area (Å²) in [5, 5.41) is 5.94. The van der Waals surface area contributed by atoms with Gasteiger partial charge in [0.25, 0.3) is 12.3 Å². The lowest BCUT2D eigenvalue weighted by Gasteiger charge is -2.52. The second-order valence-electron chi connectivity index (χ2n) is 9.04. The van der Waals surface area contributed by atoms with Crippen molar-refractivity contribution in [2.24, 2.45) is 5.41 Å². The lowest BCUT2D eigenvalue weighted by molar-refractivity contribution is -0.140. The number of carbonyl (C=O) groups is 2.